The summed E-state index contributed by atoms with van der Waals surface area (Å²) in [5.74, 6) is -1.24. The molecule has 7 heteroatoms. The Morgan fingerprint density at radius 2 is 2.33 bits per heavy atom. The second-order valence-corrected chi connectivity index (χ2v) is 2.81. The van der Waals surface area contributed by atoms with Crippen molar-refractivity contribution in [1.82, 2.24) is 0 Å². The summed E-state index contributed by atoms with van der Waals surface area (Å²) in [5.41, 5.74) is 4.56. The van der Waals surface area contributed by atoms with Crippen molar-refractivity contribution < 1.29 is 14.8 Å². The molecule has 12 heavy (non-hydrogen) atoms. The van der Waals surface area contributed by atoms with E-state index in [0.717, 1.165) is 16.7 Å². The average molecular weight is 188 g/mol. The van der Waals surface area contributed by atoms with Gasteiger partial charge >= 0.3 is 11.7 Å². The lowest BCUT2D eigenvalue weighted by Gasteiger charge is -1.89. The van der Waals surface area contributed by atoms with Gasteiger partial charge in [-0.15, -0.1) is 11.3 Å². The van der Waals surface area contributed by atoms with Gasteiger partial charge in [0.25, 0.3) is 0 Å². The van der Waals surface area contributed by atoms with E-state index in [2.05, 4.69) is 0 Å². The summed E-state index contributed by atoms with van der Waals surface area (Å²) >= 11 is 0.746. The number of thiophene rings is 1. The van der Waals surface area contributed by atoms with Crippen LogP contribution in [0.5, 0.6) is 0 Å². The van der Waals surface area contributed by atoms with Crippen LogP contribution in [0.4, 0.5) is 11.4 Å². The van der Waals surface area contributed by atoms with Crippen molar-refractivity contribution in [3.63, 3.8) is 0 Å². The maximum atomic E-state index is 10.4. The van der Waals surface area contributed by atoms with Gasteiger partial charge in [0.1, 0.15) is 10.6 Å². The van der Waals surface area contributed by atoms with Gasteiger partial charge in [0.2, 0.25) is 0 Å². The first-order valence-corrected chi connectivity index (χ1v) is 3.66. The fourth-order valence-electron chi connectivity index (χ4n) is 0.665. The number of hydrogen-bond donors (Lipinski definition) is 2. The summed E-state index contributed by atoms with van der Waals surface area (Å²) in [7, 11) is 0. The Hall–Kier alpha value is -1.63. The van der Waals surface area contributed by atoms with E-state index in [1.807, 2.05) is 0 Å². The molecule has 6 nitrogen and oxygen atoms in total. The molecule has 0 saturated carbocycles. The standard InChI is InChI=1S/C5H4N2O4S/c6-3-2(7(10)11)1-12-4(3)5(8)9/h1H,6H2,(H,8,9). The number of rotatable bonds is 2. The van der Waals surface area contributed by atoms with Gasteiger partial charge < -0.3 is 10.8 Å². The predicted molar refractivity (Wildman–Crippen MR) is 42.3 cm³/mol. The normalized spacial score (nSPS) is 9.67. The number of nitrogens with two attached hydrogens (primary N) is 1. The first kappa shape index (κ1) is 8.47. The quantitative estimate of drug-likeness (QED) is 0.530. The lowest BCUT2D eigenvalue weighted by molar-refractivity contribution is -0.383. The van der Waals surface area contributed by atoms with Crippen molar-refractivity contribution in [2.75, 3.05) is 5.73 Å². The second-order valence-electron chi connectivity index (χ2n) is 1.93. The molecule has 3 N–H and O–H groups in total. The van der Waals surface area contributed by atoms with Crippen LogP contribution in [0, 0.1) is 10.1 Å². The van der Waals surface area contributed by atoms with Crippen LogP contribution < -0.4 is 5.73 Å². The predicted octanol–water partition coefficient (Wildman–Crippen LogP) is 0.937. The molecule has 0 aromatic carbocycles. The number of carbonyl (C=O) groups is 1. The number of aromatic carboxylic acids is 1. The molecule has 0 unspecified atom stereocenters. The van der Waals surface area contributed by atoms with E-state index in [1.54, 1.807) is 0 Å². The van der Waals surface area contributed by atoms with Crippen LogP contribution >= 0.6 is 11.3 Å². The lowest BCUT2D eigenvalue weighted by Crippen LogP contribution is -1.99. The third kappa shape index (κ3) is 1.21. The molecule has 0 aliphatic rings. The van der Waals surface area contributed by atoms with Gasteiger partial charge in [-0.1, -0.05) is 0 Å². The highest BCUT2D eigenvalue weighted by atomic mass is 32.1. The minimum absolute atomic E-state index is 0.193. The molecule has 0 amide bonds. The Morgan fingerprint density at radius 1 is 1.75 bits per heavy atom. The maximum absolute atomic E-state index is 10.4. The van der Waals surface area contributed by atoms with E-state index in [0.29, 0.717) is 0 Å². The first-order chi connectivity index (χ1) is 5.54. The smallest absolute Gasteiger partial charge is 0.348 e. The fraction of sp³-hybridized carbons (Fsp3) is 0. The zero-order valence-corrected chi connectivity index (χ0v) is 6.50. The van der Waals surface area contributed by atoms with E-state index < -0.39 is 10.9 Å². The molecule has 1 aromatic heterocycles. The third-order valence-corrected chi connectivity index (χ3v) is 2.17. The third-order valence-electron chi connectivity index (χ3n) is 1.20. The number of nitrogen functional groups attached to an aromatic ring is 1. The van der Waals surface area contributed by atoms with Crippen LogP contribution in [-0.4, -0.2) is 16.0 Å². The van der Waals surface area contributed by atoms with Gasteiger partial charge in [-0.05, 0) is 0 Å². The average Bonchev–Trinajstić information content (AvgIpc) is 2.30. The number of hydrogen-bond acceptors (Lipinski definition) is 5. The molecule has 0 radical (unpaired) electrons. The summed E-state index contributed by atoms with van der Waals surface area (Å²) in [5, 5.41) is 19.8. The van der Waals surface area contributed by atoms with Gasteiger partial charge in [-0.25, -0.2) is 4.79 Å². The monoisotopic (exact) mass is 188 g/mol. The second kappa shape index (κ2) is 2.78. The van der Waals surface area contributed by atoms with Crippen molar-refractivity contribution in [3.8, 4) is 0 Å². The number of nitrogens with zero attached hydrogens (tertiary/aromatic N) is 1. The van der Waals surface area contributed by atoms with E-state index in [9.17, 15) is 14.9 Å². The first-order valence-electron chi connectivity index (χ1n) is 2.78. The zero-order chi connectivity index (χ0) is 9.30. The van der Waals surface area contributed by atoms with Gasteiger partial charge in [0.15, 0.2) is 0 Å². The molecule has 0 aliphatic carbocycles. The maximum Gasteiger partial charge on any atom is 0.348 e. The summed E-state index contributed by atoms with van der Waals surface area (Å²) in [6.07, 6.45) is 0. The highest BCUT2D eigenvalue weighted by Crippen LogP contribution is 2.31. The van der Waals surface area contributed by atoms with E-state index >= 15 is 0 Å². The number of carboxylic acid groups (broad SMARTS) is 1. The minimum atomic E-state index is -1.24. The molecule has 1 rings (SSSR count). The number of anilines is 1. The Balaban J connectivity index is 3.22. The van der Waals surface area contributed by atoms with Crippen LogP contribution in [0.1, 0.15) is 9.67 Å². The van der Waals surface area contributed by atoms with Gasteiger partial charge in [-0.3, -0.25) is 10.1 Å². The SMILES string of the molecule is Nc1c([N+](=O)[O-])csc1C(=O)O. The number of carboxylic acids is 1. The molecule has 0 atom stereocenters. The van der Waals surface area contributed by atoms with Crippen molar-refractivity contribution >= 4 is 28.7 Å². The van der Waals surface area contributed by atoms with E-state index in [1.165, 1.54) is 0 Å². The van der Waals surface area contributed by atoms with Gasteiger partial charge in [0, 0.05) is 0 Å². The van der Waals surface area contributed by atoms with Crippen LogP contribution in [0.2, 0.25) is 0 Å². The Labute approximate surface area is 70.4 Å². The van der Waals surface area contributed by atoms with E-state index in [-0.39, 0.29) is 16.3 Å². The summed E-state index contributed by atoms with van der Waals surface area (Å²) in [6.45, 7) is 0. The highest BCUT2D eigenvalue weighted by Gasteiger charge is 2.21. The zero-order valence-electron chi connectivity index (χ0n) is 5.68. The Kier molecular flexibility index (Phi) is 1.96. The molecular formula is C5H4N2O4S. The van der Waals surface area contributed by atoms with Crippen LogP contribution in [0.15, 0.2) is 5.38 Å². The molecular weight excluding hydrogens is 184 g/mol. The summed E-state index contributed by atoms with van der Waals surface area (Å²) in [6, 6.07) is 0. The molecule has 64 valence electrons. The minimum Gasteiger partial charge on any atom is -0.477 e. The highest BCUT2D eigenvalue weighted by molar-refractivity contribution is 7.13. The van der Waals surface area contributed by atoms with Crippen molar-refractivity contribution in [1.29, 1.82) is 0 Å². The largest absolute Gasteiger partial charge is 0.477 e. The van der Waals surface area contributed by atoms with Crippen LogP contribution in [0.3, 0.4) is 0 Å². The molecule has 1 heterocycles. The van der Waals surface area contributed by atoms with Crippen LogP contribution in [-0.2, 0) is 0 Å². The molecule has 0 spiro atoms. The van der Waals surface area contributed by atoms with Crippen molar-refractivity contribution in [2.45, 2.75) is 0 Å². The number of nitro groups is 1. The molecule has 0 saturated heterocycles. The summed E-state index contributed by atoms with van der Waals surface area (Å²) in [4.78, 5) is 19.7. The van der Waals surface area contributed by atoms with Crippen LogP contribution in [0.25, 0.3) is 0 Å². The fourth-order valence-corrected chi connectivity index (χ4v) is 1.44. The van der Waals surface area contributed by atoms with Crippen molar-refractivity contribution in [3.05, 3.63) is 20.4 Å². The molecule has 0 aliphatic heterocycles. The molecule has 0 bridgehead atoms. The van der Waals surface area contributed by atoms with E-state index in [4.69, 9.17) is 10.8 Å². The van der Waals surface area contributed by atoms with Gasteiger partial charge in [-0.2, -0.15) is 0 Å². The summed E-state index contributed by atoms with van der Waals surface area (Å²) < 4.78 is 0. The lowest BCUT2D eigenvalue weighted by atomic mass is 10.3. The molecule has 1 aromatic rings. The van der Waals surface area contributed by atoms with Gasteiger partial charge in [0.05, 0.1) is 10.3 Å². The van der Waals surface area contributed by atoms with Crippen molar-refractivity contribution in [2.24, 2.45) is 0 Å². The topological polar surface area (TPSA) is 106 Å². The molecule has 0 fully saturated rings. The Morgan fingerprint density at radius 3 is 2.58 bits per heavy atom. The Bertz CT molecular complexity index is 314.